The van der Waals surface area contributed by atoms with Crippen molar-refractivity contribution in [1.29, 1.82) is 0 Å². The molecule has 0 spiro atoms. The second-order valence-corrected chi connectivity index (χ2v) is 10.5. The van der Waals surface area contributed by atoms with Gasteiger partial charge in [-0.25, -0.2) is 13.3 Å². The van der Waals surface area contributed by atoms with E-state index in [1.165, 1.54) is 0 Å². The Bertz CT molecular complexity index is 571. The van der Waals surface area contributed by atoms with E-state index in [0.717, 1.165) is 11.4 Å². The lowest BCUT2D eigenvalue weighted by Gasteiger charge is -2.14. The fourth-order valence-electron chi connectivity index (χ4n) is 2.20. The molecule has 0 radical (unpaired) electrons. The number of hydrogen-bond donors (Lipinski definition) is 0. The molecule has 0 aliphatic heterocycles. The zero-order valence-electron chi connectivity index (χ0n) is 11.7. The van der Waals surface area contributed by atoms with Gasteiger partial charge in [0, 0.05) is 0 Å². The standard InChI is InChI=1S/C14H19F2N2Si/c1-17-12(13(15)16)10-18(19(2,3)4)14(17)11-8-6-5-7-9-11/h5-10,13H,1-4H3/q+1. The highest BCUT2D eigenvalue weighted by molar-refractivity contribution is 6.67. The van der Waals surface area contributed by atoms with Crippen LogP contribution in [0.25, 0.3) is 11.4 Å². The van der Waals surface area contributed by atoms with E-state index in [0.29, 0.717) is 0 Å². The van der Waals surface area contributed by atoms with Crippen molar-refractivity contribution < 1.29 is 13.0 Å². The van der Waals surface area contributed by atoms with Crippen LogP contribution >= 0.6 is 0 Å². The van der Waals surface area contributed by atoms with Gasteiger partial charge in [-0.15, -0.1) is 0 Å². The molecule has 1 aromatic heterocycles. The summed E-state index contributed by atoms with van der Waals surface area (Å²) < 4.78 is 29.9. The van der Waals surface area contributed by atoms with Gasteiger partial charge in [-0.3, -0.25) is 4.23 Å². The summed E-state index contributed by atoms with van der Waals surface area (Å²) in [6, 6.07) is 9.71. The minimum atomic E-state index is -2.45. The third kappa shape index (κ3) is 2.61. The van der Waals surface area contributed by atoms with Crippen molar-refractivity contribution in [3.8, 4) is 11.4 Å². The zero-order chi connectivity index (χ0) is 14.2. The Hall–Kier alpha value is -1.49. The van der Waals surface area contributed by atoms with Crippen molar-refractivity contribution in [2.24, 2.45) is 7.05 Å². The monoisotopic (exact) mass is 281 g/mol. The van der Waals surface area contributed by atoms with Gasteiger partial charge in [0.15, 0.2) is 0 Å². The van der Waals surface area contributed by atoms with E-state index in [2.05, 4.69) is 19.6 Å². The molecule has 0 N–H and O–H groups in total. The van der Waals surface area contributed by atoms with Gasteiger partial charge in [-0.1, -0.05) is 18.2 Å². The fourth-order valence-corrected chi connectivity index (χ4v) is 3.63. The highest BCUT2D eigenvalue weighted by Gasteiger charge is 2.34. The van der Waals surface area contributed by atoms with Crippen molar-refractivity contribution in [2.45, 2.75) is 26.1 Å². The van der Waals surface area contributed by atoms with Crippen molar-refractivity contribution in [1.82, 2.24) is 4.57 Å². The van der Waals surface area contributed by atoms with Crippen molar-refractivity contribution in [3.05, 3.63) is 42.2 Å². The van der Waals surface area contributed by atoms with Crippen LogP contribution in [-0.4, -0.2) is 12.8 Å². The summed E-state index contributed by atoms with van der Waals surface area (Å²) in [5.74, 6) is 0.857. The SMILES string of the molecule is Cn1c(C(F)F)c[n+]([Si](C)(C)C)c1-c1ccccc1. The van der Waals surface area contributed by atoms with Crippen LogP contribution in [0.1, 0.15) is 12.1 Å². The molecule has 0 saturated carbocycles. The third-order valence-electron chi connectivity index (χ3n) is 3.17. The van der Waals surface area contributed by atoms with Crippen LogP contribution in [0.15, 0.2) is 36.5 Å². The maximum Gasteiger partial charge on any atom is 0.302 e. The molecule has 1 aromatic carbocycles. The normalized spacial score (nSPS) is 12.2. The number of benzene rings is 1. The minimum Gasteiger partial charge on any atom is -0.280 e. The zero-order valence-corrected chi connectivity index (χ0v) is 12.7. The lowest BCUT2D eigenvalue weighted by molar-refractivity contribution is -0.532. The number of imidazole rings is 1. The predicted octanol–water partition coefficient (Wildman–Crippen LogP) is 3.60. The summed E-state index contributed by atoms with van der Waals surface area (Å²) in [6.07, 6.45) is -0.843. The van der Waals surface area contributed by atoms with E-state index in [4.69, 9.17) is 0 Å². The van der Waals surface area contributed by atoms with Gasteiger partial charge in [-0.05, 0) is 31.8 Å². The Morgan fingerprint density at radius 2 is 1.68 bits per heavy atom. The van der Waals surface area contributed by atoms with Crippen LogP contribution in [0.3, 0.4) is 0 Å². The Morgan fingerprint density at radius 1 is 1.11 bits per heavy atom. The van der Waals surface area contributed by atoms with Crippen LogP contribution in [0.2, 0.25) is 19.6 Å². The predicted molar refractivity (Wildman–Crippen MR) is 74.7 cm³/mol. The van der Waals surface area contributed by atoms with E-state index in [-0.39, 0.29) is 5.69 Å². The van der Waals surface area contributed by atoms with E-state index < -0.39 is 14.7 Å². The van der Waals surface area contributed by atoms with Crippen LogP contribution in [0, 0.1) is 0 Å². The van der Waals surface area contributed by atoms with Gasteiger partial charge >= 0.3 is 6.43 Å². The van der Waals surface area contributed by atoms with E-state index in [9.17, 15) is 8.78 Å². The first-order chi connectivity index (χ1) is 8.82. The summed E-state index contributed by atoms with van der Waals surface area (Å²) in [6.45, 7) is 6.44. The lowest BCUT2D eigenvalue weighted by atomic mass is 10.2. The Morgan fingerprint density at radius 3 is 2.16 bits per heavy atom. The third-order valence-corrected chi connectivity index (χ3v) is 4.96. The summed E-state index contributed by atoms with van der Waals surface area (Å²) in [4.78, 5) is 0. The van der Waals surface area contributed by atoms with Gasteiger partial charge in [0.1, 0.15) is 6.20 Å². The number of alkyl halides is 2. The Balaban J connectivity index is 2.71. The molecule has 2 aromatic rings. The van der Waals surface area contributed by atoms with Crippen LogP contribution in [0.4, 0.5) is 8.78 Å². The first kappa shape index (κ1) is 13.9. The maximum atomic E-state index is 13.1. The Kier molecular flexibility index (Phi) is 3.58. The molecule has 2 nitrogen and oxygen atoms in total. The summed E-state index contributed by atoms with van der Waals surface area (Å²) in [7, 11) is -0.0458. The Labute approximate surface area is 113 Å². The number of halogens is 2. The summed E-state index contributed by atoms with van der Waals surface area (Å²) in [5, 5.41) is 0. The fraction of sp³-hybridized carbons (Fsp3) is 0.357. The van der Waals surface area contributed by atoms with E-state index in [1.54, 1.807) is 17.8 Å². The average molecular weight is 281 g/mol. The topological polar surface area (TPSA) is 8.81 Å². The number of nitrogens with zero attached hydrogens (tertiary/aromatic N) is 2. The molecular formula is C14H19F2N2Si+. The van der Waals surface area contributed by atoms with Gasteiger partial charge in [0.25, 0.3) is 14.1 Å². The number of aromatic nitrogens is 2. The molecule has 5 heteroatoms. The van der Waals surface area contributed by atoms with E-state index >= 15 is 0 Å². The molecule has 0 fully saturated rings. The molecule has 0 unspecified atom stereocenters. The molecule has 0 aliphatic carbocycles. The molecule has 0 saturated heterocycles. The van der Waals surface area contributed by atoms with Gasteiger partial charge in [0.05, 0.1) is 12.6 Å². The van der Waals surface area contributed by atoms with E-state index in [1.807, 2.05) is 34.6 Å². The highest BCUT2D eigenvalue weighted by atomic mass is 28.3. The highest BCUT2D eigenvalue weighted by Crippen LogP contribution is 2.24. The molecule has 102 valence electrons. The molecule has 0 aliphatic rings. The second-order valence-electron chi connectivity index (χ2n) is 5.64. The van der Waals surface area contributed by atoms with Crippen LogP contribution in [-0.2, 0) is 7.05 Å². The summed E-state index contributed by atoms with van der Waals surface area (Å²) in [5.41, 5.74) is 1.04. The first-order valence-electron chi connectivity index (χ1n) is 6.27. The molecule has 0 amide bonds. The lowest BCUT2D eigenvalue weighted by Crippen LogP contribution is -2.58. The van der Waals surface area contributed by atoms with Crippen LogP contribution < -0.4 is 4.23 Å². The number of hydrogen-bond acceptors (Lipinski definition) is 0. The van der Waals surface area contributed by atoms with Crippen molar-refractivity contribution >= 4 is 8.24 Å². The quantitative estimate of drug-likeness (QED) is 0.760. The molecule has 2 rings (SSSR count). The largest absolute Gasteiger partial charge is 0.302 e. The second kappa shape index (κ2) is 4.88. The van der Waals surface area contributed by atoms with Crippen molar-refractivity contribution in [3.63, 3.8) is 0 Å². The van der Waals surface area contributed by atoms with Gasteiger partial charge in [0.2, 0.25) is 5.69 Å². The summed E-state index contributed by atoms with van der Waals surface area (Å²) >= 11 is 0. The van der Waals surface area contributed by atoms with Gasteiger partial charge in [-0.2, -0.15) is 0 Å². The molecular weight excluding hydrogens is 262 g/mol. The number of rotatable bonds is 3. The average Bonchev–Trinajstić information content (AvgIpc) is 2.68. The maximum absolute atomic E-state index is 13.1. The first-order valence-corrected chi connectivity index (χ1v) is 9.72. The van der Waals surface area contributed by atoms with Gasteiger partial charge < -0.3 is 0 Å². The molecule has 0 bridgehead atoms. The molecule has 19 heavy (non-hydrogen) atoms. The van der Waals surface area contributed by atoms with Crippen molar-refractivity contribution in [2.75, 3.05) is 0 Å². The minimum absolute atomic E-state index is 0.0706. The smallest absolute Gasteiger partial charge is 0.280 e. The van der Waals surface area contributed by atoms with Crippen LogP contribution in [0.5, 0.6) is 0 Å². The molecule has 1 heterocycles. The molecule has 0 atom stereocenters.